The second kappa shape index (κ2) is 7.83. The van der Waals surface area contributed by atoms with Gasteiger partial charge in [-0.25, -0.2) is 0 Å². The molecule has 0 bridgehead atoms. The Bertz CT molecular complexity index is 318. The van der Waals surface area contributed by atoms with Crippen molar-refractivity contribution < 1.29 is 4.79 Å². The molecule has 3 N–H and O–H groups in total. The van der Waals surface area contributed by atoms with Gasteiger partial charge in [-0.2, -0.15) is 0 Å². The van der Waals surface area contributed by atoms with Crippen LogP contribution in [0.3, 0.4) is 0 Å². The summed E-state index contributed by atoms with van der Waals surface area (Å²) in [5.74, 6) is 0.288. The minimum atomic E-state index is 0. The second-order valence-electron chi connectivity index (χ2n) is 6.25. The Balaban J connectivity index is 0.000001000. The SMILES string of the molecule is Cl.Cl.NC1CCCC1C(=O)NC1CCN(C2CC2)CC1. The molecule has 2 aliphatic carbocycles. The lowest BCUT2D eigenvalue weighted by atomic mass is 10.00. The van der Waals surface area contributed by atoms with E-state index in [-0.39, 0.29) is 42.7 Å². The number of amides is 1. The molecule has 3 rings (SSSR count). The molecule has 0 aromatic rings. The fraction of sp³-hybridized carbons (Fsp3) is 0.929. The van der Waals surface area contributed by atoms with Gasteiger partial charge in [-0.1, -0.05) is 6.42 Å². The first-order valence-corrected chi connectivity index (χ1v) is 7.54. The molecular formula is C14H27Cl2N3O. The van der Waals surface area contributed by atoms with Crippen molar-refractivity contribution in [3.05, 3.63) is 0 Å². The van der Waals surface area contributed by atoms with E-state index in [9.17, 15) is 4.79 Å². The van der Waals surface area contributed by atoms with Gasteiger partial charge in [0.1, 0.15) is 0 Å². The van der Waals surface area contributed by atoms with Crippen LogP contribution in [0.15, 0.2) is 0 Å². The van der Waals surface area contributed by atoms with Crippen molar-refractivity contribution in [2.75, 3.05) is 13.1 Å². The highest BCUT2D eigenvalue weighted by Gasteiger charge is 2.34. The zero-order chi connectivity index (χ0) is 12.5. The Hall–Kier alpha value is -0.0300. The number of rotatable bonds is 3. The molecule has 2 saturated carbocycles. The number of halogens is 2. The van der Waals surface area contributed by atoms with Crippen molar-refractivity contribution >= 4 is 30.7 Å². The van der Waals surface area contributed by atoms with Crippen molar-refractivity contribution in [1.29, 1.82) is 0 Å². The van der Waals surface area contributed by atoms with Crippen LogP contribution in [0.2, 0.25) is 0 Å². The fourth-order valence-electron chi connectivity index (χ4n) is 3.47. The van der Waals surface area contributed by atoms with Crippen LogP contribution in [0.25, 0.3) is 0 Å². The highest BCUT2D eigenvalue weighted by atomic mass is 35.5. The average Bonchev–Trinajstić information content (AvgIpc) is 3.12. The summed E-state index contributed by atoms with van der Waals surface area (Å²) in [6, 6.07) is 1.35. The van der Waals surface area contributed by atoms with Crippen LogP contribution >= 0.6 is 24.8 Å². The first-order valence-electron chi connectivity index (χ1n) is 7.54. The number of piperidine rings is 1. The molecule has 20 heavy (non-hydrogen) atoms. The van der Waals surface area contributed by atoms with Crippen molar-refractivity contribution in [1.82, 2.24) is 10.2 Å². The Morgan fingerprint density at radius 3 is 2.15 bits per heavy atom. The molecule has 4 nitrogen and oxygen atoms in total. The van der Waals surface area contributed by atoms with Crippen LogP contribution in [-0.4, -0.2) is 42.0 Å². The average molecular weight is 324 g/mol. The number of nitrogens with one attached hydrogen (secondary N) is 1. The van der Waals surface area contributed by atoms with Crippen molar-refractivity contribution in [2.45, 2.75) is 63.1 Å². The van der Waals surface area contributed by atoms with Gasteiger partial charge in [0.15, 0.2) is 0 Å². The third kappa shape index (κ3) is 4.23. The number of hydrogen-bond donors (Lipinski definition) is 2. The zero-order valence-corrected chi connectivity index (χ0v) is 13.6. The van der Waals surface area contributed by atoms with Gasteiger partial charge in [0.25, 0.3) is 0 Å². The van der Waals surface area contributed by atoms with E-state index < -0.39 is 0 Å². The molecule has 3 aliphatic rings. The first kappa shape index (κ1) is 18.0. The quantitative estimate of drug-likeness (QED) is 0.831. The second-order valence-corrected chi connectivity index (χ2v) is 6.25. The van der Waals surface area contributed by atoms with Gasteiger partial charge in [0.2, 0.25) is 5.91 Å². The largest absolute Gasteiger partial charge is 0.353 e. The van der Waals surface area contributed by atoms with Gasteiger partial charge in [0, 0.05) is 31.2 Å². The third-order valence-corrected chi connectivity index (χ3v) is 4.85. The molecule has 1 heterocycles. The van der Waals surface area contributed by atoms with E-state index in [4.69, 9.17) is 5.73 Å². The van der Waals surface area contributed by atoms with Gasteiger partial charge in [-0.3, -0.25) is 4.79 Å². The van der Waals surface area contributed by atoms with Gasteiger partial charge >= 0.3 is 0 Å². The lowest BCUT2D eigenvalue weighted by molar-refractivity contribution is -0.126. The molecule has 6 heteroatoms. The first-order chi connectivity index (χ1) is 8.74. The predicted molar refractivity (Wildman–Crippen MR) is 85.6 cm³/mol. The van der Waals surface area contributed by atoms with Crippen LogP contribution in [0.4, 0.5) is 0 Å². The maximum absolute atomic E-state index is 12.1. The summed E-state index contributed by atoms with van der Waals surface area (Å²) in [5, 5.41) is 3.23. The van der Waals surface area contributed by atoms with Gasteiger partial charge < -0.3 is 16.0 Å². The van der Waals surface area contributed by atoms with E-state index in [0.717, 1.165) is 51.2 Å². The predicted octanol–water partition coefficient (Wildman–Crippen LogP) is 1.70. The molecule has 0 aromatic carbocycles. The molecule has 1 amide bonds. The molecule has 1 aliphatic heterocycles. The van der Waals surface area contributed by atoms with Crippen LogP contribution in [-0.2, 0) is 4.79 Å². The maximum atomic E-state index is 12.1. The minimum Gasteiger partial charge on any atom is -0.353 e. The summed E-state index contributed by atoms with van der Waals surface area (Å²) in [4.78, 5) is 14.7. The molecule has 118 valence electrons. The van der Waals surface area contributed by atoms with E-state index in [0.29, 0.717) is 6.04 Å². The van der Waals surface area contributed by atoms with E-state index in [1.54, 1.807) is 0 Å². The number of nitrogens with zero attached hydrogens (tertiary/aromatic N) is 1. The highest BCUT2D eigenvalue weighted by Crippen LogP contribution is 2.29. The Kier molecular flexibility index (Phi) is 7.06. The topological polar surface area (TPSA) is 58.4 Å². The summed E-state index contributed by atoms with van der Waals surface area (Å²) >= 11 is 0. The number of hydrogen-bond acceptors (Lipinski definition) is 3. The molecule has 1 saturated heterocycles. The number of carbonyl (C=O) groups excluding carboxylic acids is 1. The molecule has 0 radical (unpaired) electrons. The minimum absolute atomic E-state index is 0. The number of likely N-dealkylation sites (tertiary alicyclic amines) is 1. The van der Waals surface area contributed by atoms with E-state index >= 15 is 0 Å². The van der Waals surface area contributed by atoms with Crippen molar-refractivity contribution in [3.63, 3.8) is 0 Å². The molecule has 3 fully saturated rings. The lowest BCUT2D eigenvalue weighted by Gasteiger charge is -2.33. The van der Waals surface area contributed by atoms with Gasteiger partial charge in [-0.15, -0.1) is 24.8 Å². The summed E-state index contributed by atoms with van der Waals surface area (Å²) in [7, 11) is 0. The number of carbonyl (C=O) groups is 1. The standard InChI is InChI=1S/C14H25N3O.2ClH/c15-13-3-1-2-12(13)14(18)16-10-6-8-17(9-7-10)11-4-5-11;;/h10-13H,1-9,15H2,(H,16,18);2*1H. The maximum Gasteiger partial charge on any atom is 0.224 e. The summed E-state index contributed by atoms with van der Waals surface area (Å²) in [6.07, 6.45) is 8.10. The number of nitrogens with two attached hydrogens (primary N) is 1. The zero-order valence-electron chi connectivity index (χ0n) is 11.9. The molecule has 0 aromatic heterocycles. The Morgan fingerprint density at radius 2 is 1.65 bits per heavy atom. The molecule has 2 atom stereocenters. The van der Waals surface area contributed by atoms with Crippen molar-refractivity contribution in [3.8, 4) is 0 Å². The molecular weight excluding hydrogens is 297 g/mol. The van der Waals surface area contributed by atoms with E-state index in [1.165, 1.54) is 12.8 Å². The van der Waals surface area contributed by atoms with E-state index in [1.807, 2.05) is 0 Å². The smallest absolute Gasteiger partial charge is 0.224 e. The van der Waals surface area contributed by atoms with Gasteiger partial charge in [-0.05, 0) is 38.5 Å². The van der Waals surface area contributed by atoms with Crippen LogP contribution in [0.1, 0.15) is 44.9 Å². The fourth-order valence-corrected chi connectivity index (χ4v) is 3.47. The third-order valence-electron chi connectivity index (χ3n) is 4.85. The monoisotopic (exact) mass is 323 g/mol. The van der Waals surface area contributed by atoms with E-state index in [2.05, 4.69) is 10.2 Å². The molecule has 0 spiro atoms. The highest BCUT2D eigenvalue weighted by molar-refractivity contribution is 5.85. The Labute approximate surface area is 134 Å². The van der Waals surface area contributed by atoms with Crippen molar-refractivity contribution in [2.24, 2.45) is 11.7 Å². The van der Waals surface area contributed by atoms with Crippen LogP contribution in [0.5, 0.6) is 0 Å². The summed E-state index contributed by atoms with van der Waals surface area (Å²) < 4.78 is 0. The summed E-state index contributed by atoms with van der Waals surface area (Å²) in [6.45, 7) is 2.32. The Morgan fingerprint density at radius 1 is 1.00 bits per heavy atom. The molecule has 2 unspecified atom stereocenters. The summed E-state index contributed by atoms with van der Waals surface area (Å²) in [5.41, 5.74) is 5.99. The van der Waals surface area contributed by atoms with Crippen LogP contribution in [0, 0.1) is 5.92 Å². The van der Waals surface area contributed by atoms with Crippen LogP contribution < -0.4 is 11.1 Å². The lowest BCUT2D eigenvalue weighted by Crippen LogP contribution is -2.48. The van der Waals surface area contributed by atoms with Gasteiger partial charge in [0.05, 0.1) is 5.92 Å². The normalized spacial score (nSPS) is 31.2.